The minimum atomic E-state index is -1.33. The average molecular weight is 481 g/mol. The first kappa shape index (κ1) is 24.0. The Morgan fingerprint density at radius 3 is 2.46 bits per heavy atom. The molecular weight excluding hydrogens is 455 g/mol. The van der Waals surface area contributed by atoms with E-state index in [0.29, 0.717) is 48.2 Å². The van der Waals surface area contributed by atoms with Crippen LogP contribution in [0.2, 0.25) is 0 Å². The third kappa shape index (κ3) is 4.74. The van der Waals surface area contributed by atoms with Crippen molar-refractivity contribution in [3.63, 3.8) is 0 Å². The topological polar surface area (TPSA) is 118 Å². The molecule has 10 nitrogen and oxygen atoms in total. The number of methoxy groups -OCH3 is 1. The summed E-state index contributed by atoms with van der Waals surface area (Å²) in [4.78, 5) is 41.8. The van der Waals surface area contributed by atoms with Crippen LogP contribution in [0.25, 0.3) is 0 Å². The fourth-order valence-corrected chi connectivity index (χ4v) is 4.20. The zero-order chi connectivity index (χ0) is 25.2. The van der Waals surface area contributed by atoms with Crippen molar-refractivity contribution in [3.8, 4) is 11.8 Å². The largest absolute Gasteiger partial charge is 0.497 e. The molecule has 2 aromatic rings. The third-order valence-electron chi connectivity index (χ3n) is 6.25. The zero-order valence-corrected chi connectivity index (χ0v) is 19.4. The van der Waals surface area contributed by atoms with Gasteiger partial charge in [-0.15, -0.1) is 0 Å². The van der Waals surface area contributed by atoms with Gasteiger partial charge in [0.05, 0.1) is 31.0 Å². The van der Waals surface area contributed by atoms with Gasteiger partial charge in [0.2, 0.25) is 0 Å². The van der Waals surface area contributed by atoms with E-state index >= 15 is 0 Å². The molecule has 2 saturated heterocycles. The number of benzene rings is 2. The molecule has 2 fully saturated rings. The molecule has 0 aromatic heterocycles. The fraction of sp³-hybridized carbons (Fsp3) is 0.333. The lowest BCUT2D eigenvalue weighted by Crippen LogP contribution is -2.53. The lowest BCUT2D eigenvalue weighted by Gasteiger charge is -2.36. The Hall–Kier alpha value is -4.17. The van der Waals surface area contributed by atoms with Gasteiger partial charge in [0.25, 0.3) is 11.8 Å². The van der Waals surface area contributed by atoms with Crippen LogP contribution in [-0.2, 0) is 15.1 Å². The molecule has 182 valence electrons. The summed E-state index contributed by atoms with van der Waals surface area (Å²) in [5.41, 5.74) is 2.29. The van der Waals surface area contributed by atoms with Gasteiger partial charge < -0.3 is 15.0 Å². The number of hydrogen-bond acceptors (Lipinski definition) is 7. The van der Waals surface area contributed by atoms with Crippen molar-refractivity contribution in [1.82, 2.24) is 20.7 Å². The number of ether oxygens (including phenoxy) is 1. The van der Waals surface area contributed by atoms with Gasteiger partial charge in [-0.25, -0.2) is 9.18 Å². The molecule has 2 heterocycles. The first-order chi connectivity index (χ1) is 16.7. The van der Waals surface area contributed by atoms with Gasteiger partial charge in [0, 0.05) is 26.2 Å². The number of urea groups is 1. The quantitative estimate of drug-likeness (QED) is 0.599. The number of hydrogen-bond donors (Lipinski definition) is 2. The van der Waals surface area contributed by atoms with Gasteiger partial charge in [0.1, 0.15) is 17.1 Å². The maximum absolute atomic E-state index is 14.3. The zero-order valence-electron chi connectivity index (χ0n) is 19.4. The number of piperazine rings is 1. The van der Waals surface area contributed by atoms with E-state index in [2.05, 4.69) is 10.7 Å². The number of halogens is 1. The molecule has 1 unspecified atom stereocenters. The number of anilines is 1. The van der Waals surface area contributed by atoms with Crippen molar-refractivity contribution < 1.29 is 23.5 Å². The summed E-state index contributed by atoms with van der Waals surface area (Å²) in [6.07, 6.45) is 0. The number of imide groups is 1. The molecule has 1 atom stereocenters. The van der Waals surface area contributed by atoms with Crippen molar-refractivity contribution in [2.24, 2.45) is 0 Å². The van der Waals surface area contributed by atoms with E-state index in [1.165, 1.54) is 13.2 Å². The Labute approximate surface area is 201 Å². The molecule has 0 radical (unpaired) electrons. The number of carbonyl (C=O) groups is 3. The molecule has 4 amide bonds. The number of nitriles is 1. The van der Waals surface area contributed by atoms with Crippen LogP contribution in [-0.4, -0.2) is 67.6 Å². The number of nitrogens with one attached hydrogen (secondary N) is 2. The van der Waals surface area contributed by atoms with Crippen LogP contribution < -0.4 is 20.4 Å². The summed E-state index contributed by atoms with van der Waals surface area (Å²) in [6.45, 7) is 3.47. The van der Waals surface area contributed by atoms with Crippen LogP contribution in [0.15, 0.2) is 42.5 Å². The molecule has 2 N–H and O–H groups in total. The molecule has 11 heteroatoms. The molecular formula is C24H25FN6O4. The molecule has 35 heavy (non-hydrogen) atoms. The molecule has 0 aliphatic carbocycles. The molecule has 0 bridgehead atoms. The third-order valence-corrected chi connectivity index (χ3v) is 6.25. The van der Waals surface area contributed by atoms with Gasteiger partial charge in [0.15, 0.2) is 0 Å². The highest BCUT2D eigenvalue weighted by Crippen LogP contribution is 2.29. The average Bonchev–Trinajstić information content (AvgIpc) is 3.08. The van der Waals surface area contributed by atoms with Crippen LogP contribution in [0, 0.1) is 17.1 Å². The molecule has 4 rings (SSSR count). The standard InChI is InChI=1S/C24H25FN6O4/c1-24(17-4-6-18(35-2)7-5-17)22(33)31(23(34)27-24)28-21(32)15-29-9-11-30(12-10-29)20-8-3-16(14-26)13-19(20)25/h3-8,13H,9-12,15H2,1-2H3,(H,27,34)(H,28,32). The van der Waals surface area contributed by atoms with E-state index in [-0.39, 0.29) is 12.1 Å². The van der Waals surface area contributed by atoms with Crippen LogP contribution in [0.3, 0.4) is 0 Å². The Kier molecular flexibility index (Phi) is 6.57. The summed E-state index contributed by atoms with van der Waals surface area (Å²) < 4.78 is 19.4. The minimum Gasteiger partial charge on any atom is -0.497 e. The second kappa shape index (κ2) is 9.60. The Morgan fingerprint density at radius 2 is 1.86 bits per heavy atom. The van der Waals surface area contributed by atoms with Crippen LogP contribution >= 0.6 is 0 Å². The summed E-state index contributed by atoms with van der Waals surface area (Å²) >= 11 is 0. The maximum Gasteiger partial charge on any atom is 0.344 e. The number of rotatable bonds is 6. The van der Waals surface area contributed by atoms with Crippen molar-refractivity contribution in [2.75, 3.05) is 44.7 Å². The molecule has 0 saturated carbocycles. The lowest BCUT2D eigenvalue weighted by atomic mass is 9.92. The summed E-state index contributed by atoms with van der Waals surface area (Å²) in [7, 11) is 1.53. The second-order valence-electron chi connectivity index (χ2n) is 8.50. The molecule has 2 aliphatic heterocycles. The van der Waals surface area contributed by atoms with Gasteiger partial charge in [-0.3, -0.25) is 19.9 Å². The molecule has 2 aromatic carbocycles. The second-order valence-corrected chi connectivity index (χ2v) is 8.50. The highest BCUT2D eigenvalue weighted by atomic mass is 19.1. The highest BCUT2D eigenvalue weighted by Gasteiger charge is 2.50. The monoisotopic (exact) mass is 480 g/mol. The number of amides is 4. The molecule has 0 spiro atoms. The minimum absolute atomic E-state index is 0.0278. The van der Waals surface area contributed by atoms with Crippen molar-refractivity contribution >= 4 is 23.5 Å². The van der Waals surface area contributed by atoms with Crippen LogP contribution in [0.4, 0.5) is 14.9 Å². The van der Waals surface area contributed by atoms with E-state index in [0.717, 1.165) is 0 Å². The summed E-state index contributed by atoms with van der Waals surface area (Å²) in [5, 5.41) is 12.2. The van der Waals surface area contributed by atoms with Gasteiger partial charge in [-0.1, -0.05) is 12.1 Å². The fourth-order valence-electron chi connectivity index (χ4n) is 4.20. The number of hydrazine groups is 1. The van der Waals surface area contributed by atoms with E-state index in [9.17, 15) is 18.8 Å². The van der Waals surface area contributed by atoms with E-state index in [4.69, 9.17) is 10.00 Å². The predicted octanol–water partition coefficient (Wildman–Crippen LogP) is 1.33. The van der Waals surface area contributed by atoms with Gasteiger partial charge in [-0.2, -0.15) is 10.3 Å². The van der Waals surface area contributed by atoms with Crippen molar-refractivity contribution in [3.05, 3.63) is 59.4 Å². The van der Waals surface area contributed by atoms with Crippen molar-refractivity contribution in [1.29, 1.82) is 5.26 Å². The van der Waals surface area contributed by atoms with Crippen LogP contribution in [0.1, 0.15) is 18.1 Å². The summed E-state index contributed by atoms with van der Waals surface area (Å²) in [5.74, 6) is -0.956. The first-order valence-electron chi connectivity index (χ1n) is 11.0. The molecule has 2 aliphatic rings. The van der Waals surface area contributed by atoms with Crippen LogP contribution in [0.5, 0.6) is 5.75 Å². The normalized spacial score (nSPS) is 20.4. The Morgan fingerprint density at radius 1 is 1.17 bits per heavy atom. The maximum atomic E-state index is 14.3. The highest BCUT2D eigenvalue weighted by molar-refractivity contribution is 6.08. The van der Waals surface area contributed by atoms with E-state index in [1.807, 2.05) is 15.9 Å². The van der Waals surface area contributed by atoms with E-state index in [1.54, 1.807) is 43.3 Å². The summed E-state index contributed by atoms with van der Waals surface area (Å²) in [6, 6.07) is 12.3. The predicted molar refractivity (Wildman–Crippen MR) is 124 cm³/mol. The smallest absolute Gasteiger partial charge is 0.344 e. The Balaban J connectivity index is 1.33. The SMILES string of the molecule is COc1ccc(C2(C)NC(=O)N(NC(=O)CN3CCN(c4ccc(C#N)cc4F)CC3)C2=O)cc1. The first-order valence-corrected chi connectivity index (χ1v) is 11.0. The number of carbonyl (C=O) groups excluding carboxylic acids is 3. The van der Waals surface area contributed by atoms with Gasteiger partial charge >= 0.3 is 6.03 Å². The number of nitrogens with zero attached hydrogens (tertiary/aromatic N) is 4. The Bertz CT molecular complexity index is 1190. The van der Waals surface area contributed by atoms with E-state index < -0.39 is 29.2 Å². The van der Waals surface area contributed by atoms with Gasteiger partial charge in [-0.05, 0) is 42.8 Å². The lowest BCUT2D eigenvalue weighted by molar-refractivity contribution is -0.139. The van der Waals surface area contributed by atoms with Crippen molar-refractivity contribution in [2.45, 2.75) is 12.5 Å².